The van der Waals surface area contributed by atoms with Crippen LogP contribution in [0.2, 0.25) is 18.1 Å². The number of hydrogen-bond donors (Lipinski definition) is 0. The fourth-order valence-electron chi connectivity index (χ4n) is 9.55. The topological polar surface area (TPSA) is 55.4 Å². The van der Waals surface area contributed by atoms with Crippen molar-refractivity contribution in [2.45, 2.75) is 242 Å². The normalized spacial score (nSPS) is 16.3. The molecule has 412 valence electrons. The van der Waals surface area contributed by atoms with E-state index in [2.05, 4.69) is 132 Å². The van der Waals surface area contributed by atoms with Gasteiger partial charge in [-0.05, 0) is 114 Å². The van der Waals surface area contributed by atoms with Gasteiger partial charge in [0.25, 0.3) is 0 Å². The molecule has 0 aliphatic carbocycles. The monoisotopic (exact) mass is 1010 g/mol. The van der Waals surface area contributed by atoms with Crippen molar-refractivity contribution in [3.05, 3.63) is 65.7 Å². The van der Waals surface area contributed by atoms with E-state index in [-0.39, 0.29) is 6.10 Å². The molecular weight excluding hydrogens is 893 g/mol. The molecule has 0 radical (unpaired) electrons. The van der Waals surface area contributed by atoms with Gasteiger partial charge in [-0.25, -0.2) is 0 Å². The molecule has 0 saturated carbocycles. The number of rotatable bonds is 45. The zero-order valence-corrected chi connectivity index (χ0v) is 50.1. The molecule has 71 heavy (non-hydrogen) atoms. The Morgan fingerprint density at radius 2 is 0.775 bits per heavy atom. The van der Waals surface area contributed by atoms with Crippen LogP contribution in [0.1, 0.15) is 216 Å². The van der Waals surface area contributed by atoms with E-state index in [4.69, 9.17) is 28.1 Å². The molecule has 7 heteroatoms. The standard InChI is InChI=1S/C64H116O6Si/c1-52(24-18-26-54(3)30-22-34-58(7)46-67-49-61-38-40-62(65-12)41-39-61)28-20-32-56(5)42-44-66-50-63(51-68-48-60-36-16-15-17-37-60)69-45-43-57(6)33-21-29-53(2)25-19-27-55(4)31-23-35-59(8)47-70-71(13,14)64(9,10)11/h15-17,36-41,52-59,63H,18-35,42-51H2,1-14H3/t52-,53-,54+,55+,56-,57-,58+,59+,63+/m1/s1. The summed E-state index contributed by atoms with van der Waals surface area (Å²) in [5.74, 6) is 6.78. The van der Waals surface area contributed by atoms with Gasteiger partial charge in [-0.15, -0.1) is 0 Å². The molecule has 6 nitrogen and oxygen atoms in total. The van der Waals surface area contributed by atoms with Crippen LogP contribution in [0.5, 0.6) is 5.75 Å². The summed E-state index contributed by atoms with van der Waals surface area (Å²) in [7, 11) is 0.0642. The van der Waals surface area contributed by atoms with Crippen molar-refractivity contribution in [3.63, 3.8) is 0 Å². The Balaban J connectivity index is 1.54. The number of methoxy groups -OCH3 is 1. The Hall–Kier alpha value is -1.74. The highest BCUT2D eigenvalue weighted by Gasteiger charge is 2.37. The zero-order chi connectivity index (χ0) is 52.3. The van der Waals surface area contributed by atoms with Gasteiger partial charge < -0.3 is 28.1 Å². The molecule has 0 amide bonds. The van der Waals surface area contributed by atoms with E-state index in [1.165, 1.54) is 127 Å². The summed E-state index contributed by atoms with van der Waals surface area (Å²) in [5.41, 5.74) is 2.40. The molecule has 2 aromatic rings. The molecule has 0 fully saturated rings. The largest absolute Gasteiger partial charge is 0.497 e. The van der Waals surface area contributed by atoms with E-state index in [0.717, 1.165) is 68.7 Å². The van der Waals surface area contributed by atoms with Gasteiger partial charge in [0.1, 0.15) is 11.9 Å². The summed E-state index contributed by atoms with van der Waals surface area (Å²) in [4.78, 5) is 0. The number of benzene rings is 2. The highest BCUT2D eigenvalue weighted by Crippen LogP contribution is 2.37. The molecule has 0 aromatic heterocycles. The lowest BCUT2D eigenvalue weighted by Gasteiger charge is -2.37. The molecule has 0 spiro atoms. The zero-order valence-electron chi connectivity index (χ0n) is 49.1. The van der Waals surface area contributed by atoms with E-state index >= 15 is 0 Å². The molecule has 0 N–H and O–H groups in total. The van der Waals surface area contributed by atoms with E-state index < -0.39 is 8.32 Å². The van der Waals surface area contributed by atoms with Gasteiger partial charge in [0.2, 0.25) is 0 Å². The summed E-state index contributed by atoms with van der Waals surface area (Å²) in [6.45, 7) is 36.9. The molecule has 9 atom stereocenters. The predicted octanol–water partition coefficient (Wildman–Crippen LogP) is 18.7. The van der Waals surface area contributed by atoms with Crippen LogP contribution in [-0.2, 0) is 36.6 Å². The first-order valence-electron chi connectivity index (χ1n) is 29.5. The Bertz CT molecular complexity index is 1510. The smallest absolute Gasteiger partial charge is 0.191 e. The molecule has 0 unspecified atom stereocenters. The second kappa shape index (κ2) is 38.8. The minimum absolute atomic E-state index is 0.0311. The summed E-state index contributed by atoms with van der Waals surface area (Å²) < 4.78 is 36.7. The minimum Gasteiger partial charge on any atom is -0.497 e. The van der Waals surface area contributed by atoms with Gasteiger partial charge in [0.15, 0.2) is 8.32 Å². The van der Waals surface area contributed by atoms with Crippen molar-refractivity contribution >= 4 is 8.32 Å². The Kier molecular flexibility index (Phi) is 35.7. The molecule has 0 heterocycles. The quantitative estimate of drug-likeness (QED) is 0.0487. The number of ether oxygens (including phenoxy) is 5. The maximum atomic E-state index is 6.49. The van der Waals surface area contributed by atoms with Crippen molar-refractivity contribution in [2.24, 2.45) is 47.3 Å². The van der Waals surface area contributed by atoms with Crippen molar-refractivity contribution in [2.75, 3.05) is 46.8 Å². The van der Waals surface area contributed by atoms with Crippen molar-refractivity contribution in [1.82, 2.24) is 0 Å². The lowest BCUT2D eigenvalue weighted by Crippen LogP contribution is -2.41. The predicted molar refractivity (Wildman–Crippen MR) is 308 cm³/mol. The summed E-state index contributed by atoms with van der Waals surface area (Å²) in [5, 5.41) is 0.294. The van der Waals surface area contributed by atoms with Crippen molar-refractivity contribution < 1.29 is 28.1 Å². The van der Waals surface area contributed by atoms with Crippen LogP contribution in [0.25, 0.3) is 0 Å². The van der Waals surface area contributed by atoms with Crippen molar-refractivity contribution in [1.29, 1.82) is 0 Å². The third-order valence-electron chi connectivity index (χ3n) is 16.2. The van der Waals surface area contributed by atoms with Crippen LogP contribution in [0.15, 0.2) is 54.6 Å². The third kappa shape index (κ3) is 33.7. The molecule has 0 bridgehead atoms. The fraction of sp³-hybridized carbons (Fsp3) is 0.812. The molecule has 0 aliphatic heterocycles. The molecule has 0 aliphatic rings. The molecule has 2 rings (SSSR count). The first-order chi connectivity index (χ1) is 33.9. The van der Waals surface area contributed by atoms with Crippen LogP contribution in [-0.4, -0.2) is 61.2 Å². The Labute approximate surface area is 442 Å². The second-order valence-electron chi connectivity index (χ2n) is 25.0. The van der Waals surface area contributed by atoms with E-state index in [9.17, 15) is 0 Å². The number of hydrogen-bond acceptors (Lipinski definition) is 6. The third-order valence-corrected chi connectivity index (χ3v) is 20.7. The van der Waals surface area contributed by atoms with Crippen LogP contribution >= 0.6 is 0 Å². The maximum Gasteiger partial charge on any atom is 0.191 e. The molecular formula is C64H116O6Si. The SMILES string of the molecule is COc1ccc(COC[C@@H](C)CCC[C@@H](C)CCC[C@@H](C)CCC[C@@H](C)CCOC[C@@H](COCc2ccccc2)OCC[C@H](C)CCC[C@H](C)CCC[C@H](C)CCC[C@H](C)CO[Si](C)(C)C(C)(C)C)cc1. The van der Waals surface area contributed by atoms with E-state index in [1.54, 1.807) is 7.11 Å². The van der Waals surface area contributed by atoms with Crippen LogP contribution in [0.4, 0.5) is 0 Å². The van der Waals surface area contributed by atoms with Gasteiger partial charge in [-0.2, -0.15) is 0 Å². The lowest BCUT2D eigenvalue weighted by atomic mass is 9.90. The van der Waals surface area contributed by atoms with Gasteiger partial charge >= 0.3 is 0 Å². The fourth-order valence-corrected chi connectivity index (χ4v) is 10.7. The minimum atomic E-state index is -1.64. The second-order valence-corrected chi connectivity index (χ2v) is 29.8. The average Bonchev–Trinajstić information content (AvgIpc) is 3.32. The van der Waals surface area contributed by atoms with Gasteiger partial charge in [-0.3, -0.25) is 0 Å². The summed E-state index contributed by atoms with van der Waals surface area (Å²) in [6.07, 6.45) is 26.1. The first kappa shape index (κ1) is 65.4. The van der Waals surface area contributed by atoms with Crippen molar-refractivity contribution in [3.8, 4) is 5.75 Å². The maximum absolute atomic E-state index is 6.49. The lowest BCUT2D eigenvalue weighted by molar-refractivity contribution is -0.0670. The molecule has 2 aromatic carbocycles. The van der Waals surface area contributed by atoms with Gasteiger partial charge in [-0.1, -0.05) is 221 Å². The summed E-state index contributed by atoms with van der Waals surface area (Å²) >= 11 is 0. The van der Waals surface area contributed by atoms with Gasteiger partial charge in [0.05, 0.1) is 33.5 Å². The highest BCUT2D eigenvalue weighted by molar-refractivity contribution is 6.74. The van der Waals surface area contributed by atoms with Crippen LogP contribution < -0.4 is 4.74 Å². The van der Waals surface area contributed by atoms with E-state index in [1.807, 2.05) is 12.1 Å². The Morgan fingerprint density at radius 3 is 1.21 bits per heavy atom. The van der Waals surface area contributed by atoms with Crippen LogP contribution in [0.3, 0.4) is 0 Å². The molecule has 0 saturated heterocycles. The van der Waals surface area contributed by atoms with E-state index in [0.29, 0.717) is 55.1 Å². The van der Waals surface area contributed by atoms with Gasteiger partial charge in [0, 0.05) is 26.4 Å². The average molecular weight is 1010 g/mol. The summed E-state index contributed by atoms with van der Waals surface area (Å²) in [6, 6.07) is 18.6. The highest BCUT2D eigenvalue weighted by atomic mass is 28.4. The van der Waals surface area contributed by atoms with Crippen LogP contribution in [0, 0.1) is 47.3 Å². The Morgan fingerprint density at radius 1 is 0.408 bits per heavy atom. The first-order valence-corrected chi connectivity index (χ1v) is 32.4.